The lowest BCUT2D eigenvalue weighted by molar-refractivity contribution is -0.128. The first-order valence-corrected chi connectivity index (χ1v) is 14.9. The molecule has 0 radical (unpaired) electrons. The van der Waals surface area contributed by atoms with E-state index in [9.17, 15) is 14.9 Å². The molecule has 0 bridgehead atoms. The molecule has 2 aliphatic heterocycles. The van der Waals surface area contributed by atoms with E-state index in [2.05, 4.69) is 69.8 Å². The van der Waals surface area contributed by atoms with E-state index in [0.717, 1.165) is 0 Å². The van der Waals surface area contributed by atoms with Gasteiger partial charge in [-0.1, -0.05) is 78.5 Å². The summed E-state index contributed by atoms with van der Waals surface area (Å²) in [6, 6.07) is 29.6. The van der Waals surface area contributed by atoms with Crippen LogP contribution in [0.2, 0.25) is 0 Å². The number of amides is 2. The molecule has 9 heteroatoms. The molecule has 5 rings (SSSR count). The fourth-order valence-corrected chi connectivity index (χ4v) is 6.56. The van der Waals surface area contributed by atoms with Crippen LogP contribution in [-0.4, -0.2) is 64.1 Å². The highest BCUT2D eigenvalue weighted by atomic mass is 32.2. The molecule has 2 heterocycles. The van der Waals surface area contributed by atoms with Crippen LogP contribution < -0.4 is 11.1 Å². The maximum atomic E-state index is 13.9. The van der Waals surface area contributed by atoms with Crippen LogP contribution in [0.3, 0.4) is 0 Å². The summed E-state index contributed by atoms with van der Waals surface area (Å²) in [4.78, 5) is 36.1. The van der Waals surface area contributed by atoms with E-state index in [4.69, 9.17) is 5.73 Å². The van der Waals surface area contributed by atoms with E-state index < -0.39 is 5.25 Å². The van der Waals surface area contributed by atoms with Crippen molar-refractivity contribution in [1.82, 2.24) is 9.80 Å². The summed E-state index contributed by atoms with van der Waals surface area (Å²) in [5.74, 6) is -0.554. The van der Waals surface area contributed by atoms with Crippen molar-refractivity contribution >= 4 is 34.3 Å². The molecule has 2 aliphatic rings. The zero-order chi connectivity index (χ0) is 29.6. The Labute approximate surface area is 250 Å². The lowest BCUT2D eigenvalue weighted by Gasteiger charge is -2.40. The molecule has 0 aliphatic carbocycles. The Morgan fingerprint density at radius 3 is 2.14 bits per heavy atom. The van der Waals surface area contributed by atoms with E-state index in [1.165, 1.54) is 22.9 Å². The fourth-order valence-electron chi connectivity index (χ4n) is 5.33. The van der Waals surface area contributed by atoms with Gasteiger partial charge in [0.1, 0.15) is 10.3 Å². The van der Waals surface area contributed by atoms with Crippen LogP contribution in [0.25, 0.3) is 0 Å². The molecule has 0 spiro atoms. The third-order valence-electron chi connectivity index (χ3n) is 7.30. The van der Waals surface area contributed by atoms with Crippen LogP contribution in [-0.2, 0) is 9.59 Å². The Morgan fingerprint density at radius 2 is 1.57 bits per heavy atom. The first-order valence-electron chi connectivity index (χ1n) is 14.0. The van der Waals surface area contributed by atoms with Crippen molar-refractivity contribution in [3.05, 3.63) is 113 Å². The molecule has 0 unspecified atom stereocenters. The highest BCUT2D eigenvalue weighted by molar-refractivity contribution is 8.16. The van der Waals surface area contributed by atoms with E-state index in [1.54, 1.807) is 24.3 Å². The molecular formula is C33H34N6O2S. The highest BCUT2D eigenvalue weighted by Crippen LogP contribution is 2.36. The molecule has 3 N–H and O–H groups in total. The molecule has 214 valence electrons. The molecule has 42 heavy (non-hydrogen) atoms. The Bertz CT molecular complexity index is 1500. The largest absolute Gasteiger partial charge is 0.400 e. The summed E-state index contributed by atoms with van der Waals surface area (Å²) in [7, 11) is 0. The van der Waals surface area contributed by atoms with Crippen LogP contribution in [0.1, 0.15) is 36.6 Å². The van der Waals surface area contributed by atoms with Gasteiger partial charge in [-0.25, -0.2) is 0 Å². The van der Waals surface area contributed by atoms with Gasteiger partial charge in [-0.3, -0.25) is 19.5 Å². The summed E-state index contributed by atoms with van der Waals surface area (Å²) in [5.41, 5.74) is 10.4. The lowest BCUT2D eigenvalue weighted by Crippen LogP contribution is -2.50. The first kappa shape index (κ1) is 29.1. The SMILES string of the molecule is CC(C)N=C1S[C@H](C(=O)Nc2cccc(C#N)c2)C(N)=C1C(=O)N1CCN(C(c2ccccc2)c2ccccc2)CC1. The Kier molecular flexibility index (Phi) is 9.06. The van der Waals surface area contributed by atoms with Crippen LogP contribution in [0, 0.1) is 11.3 Å². The van der Waals surface area contributed by atoms with Crippen molar-refractivity contribution in [1.29, 1.82) is 5.26 Å². The minimum absolute atomic E-state index is 0.0772. The maximum Gasteiger partial charge on any atom is 0.258 e. The first-order chi connectivity index (χ1) is 20.4. The molecule has 1 fully saturated rings. The van der Waals surface area contributed by atoms with Gasteiger partial charge in [0.15, 0.2) is 0 Å². The van der Waals surface area contributed by atoms with Gasteiger partial charge < -0.3 is 16.0 Å². The van der Waals surface area contributed by atoms with Gasteiger partial charge in [0.05, 0.1) is 23.2 Å². The number of nitrogens with one attached hydrogen (secondary N) is 1. The molecule has 1 atom stereocenters. The van der Waals surface area contributed by atoms with E-state index in [0.29, 0.717) is 48.0 Å². The van der Waals surface area contributed by atoms with Crippen LogP contribution in [0.5, 0.6) is 0 Å². The number of hydrogen-bond donors (Lipinski definition) is 2. The Hall–Kier alpha value is -4.39. The van der Waals surface area contributed by atoms with Gasteiger partial charge in [-0.2, -0.15) is 5.26 Å². The fraction of sp³-hybridized carbons (Fsp3) is 0.273. The number of rotatable bonds is 7. The van der Waals surface area contributed by atoms with Gasteiger partial charge in [0.2, 0.25) is 5.91 Å². The zero-order valence-corrected chi connectivity index (χ0v) is 24.6. The maximum absolute atomic E-state index is 13.9. The van der Waals surface area contributed by atoms with Crippen LogP contribution in [0.4, 0.5) is 5.69 Å². The molecule has 0 saturated carbocycles. The van der Waals surface area contributed by atoms with Crippen LogP contribution in [0.15, 0.2) is 101 Å². The quantitative estimate of drug-likeness (QED) is 0.425. The lowest BCUT2D eigenvalue weighted by atomic mass is 9.96. The number of hydrogen-bond acceptors (Lipinski definition) is 7. The minimum Gasteiger partial charge on any atom is -0.400 e. The average molecular weight is 579 g/mol. The van der Waals surface area contributed by atoms with Gasteiger partial charge >= 0.3 is 0 Å². The predicted octanol–water partition coefficient (Wildman–Crippen LogP) is 4.57. The van der Waals surface area contributed by atoms with Gasteiger partial charge in [-0.15, -0.1) is 0 Å². The second-order valence-corrected chi connectivity index (χ2v) is 11.7. The molecule has 3 aromatic carbocycles. The second kappa shape index (κ2) is 13.1. The number of carbonyl (C=O) groups excluding carboxylic acids is 2. The number of nitrogens with two attached hydrogens (primary N) is 1. The van der Waals surface area contributed by atoms with Crippen molar-refractivity contribution in [3.63, 3.8) is 0 Å². The topological polar surface area (TPSA) is 115 Å². The predicted molar refractivity (Wildman–Crippen MR) is 168 cm³/mol. The van der Waals surface area contributed by atoms with Gasteiger partial charge in [0.25, 0.3) is 5.91 Å². The number of benzene rings is 3. The number of anilines is 1. The Morgan fingerprint density at radius 1 is 0.952 bits per heavy atom. The third-order valence-corrected chi connectivity index (χ3v) is 8.53. The number of nitrogens with zero attached hydrogens (tertiary/aromatic N) is 4. The monoisotopic (exact) mass is 578 g/mol. The number of nitriles is 1. The second-order valence-electron chi connectivity index (χ2n) is 10.6. The minimum atomic E-state index is -0.797. The molecule has 3 aromatic rings. The van der Waals surface area contributed by atoms with E-state index in [1.807, 2.05) is 30.9 Å². The molecule has 0 aromatic heterocycles. The smallest absolute Gasteiger partial charge is 0.258 e. The number of thioether (sulfide) groups is 1. The average Bonchev–Trinajstić information content (AvgIpc) is 3.33. The molecule has 1 saturated heterocycles. The third kappa shape index (κ3) is 6.40. The standard InChI is InChI=1S/C33H34N6O2S/c1-22(2)36-32-27(28(35)30(42-32)31(40)37-26-15-9-10-23(20-26)21-34)33(41)39-18-16-38(17-19-39)29(24-11-5-3-6-12-24)25-13-7-4-8-14-25/h3-15,20,22,29-30H,16-19,35H2,1-2H3,(H,37,40)/t30-/m0/s1. The van der Waals surface area contributed by atoms with E-state index >= 15 is 0 Å². The summed E-state index contributed by atoms with van der Waals surface area (Å²) < 4.78 is 0. The van der Waals surface area contributed by atoms with Crippen molar-refractivity contribution in [3.8, 4) is 6.07 Å². The van der Waals surface area contributed by atoms with Crippen molar-refractivity contribution in [2.45, 2.75) is 31.2 Å². The normalized spacial score (nSPS) is 18.5. The van der Waals surface area contributed by atoms with Gasteiger partial charge in [-0.05, 0) is 43.2 Å². The highest BCUT2D eigenvalue weighted by Gasteiger charge is 2.40. The Balaban J connectivity index is 1.34. The number of carbonyl (C=O) groups is 2. The molecule has 2 amide bonds. The van der Waals surface area contributed by atoms with Gasteiger partial charge in [0, 0.05) is 43.6 Å². The molecular weight excluding hydrogens is 544 g/mol. The number of piperazine rings is 1. The van der Waals surface area contributed by atoms with Crippen molar-refractivity contribution < 1.29 is 9.59 Å². The summed E-state index contributed by atoms with van der Waals surface area (Å²) in [6.45, 7) is 6.30. The summed E-state index contributed by atoms with van der Waals surface area (Å²) >= 11 is 1.20. The number of aliphatic imine (C=N–C) groups is 1. The molecule has 8 nitrogen and oxygen atoms in total. The van der Waals surface area contributed by atoms with Crippen molar-refractivity contribution in [2.24, 2.45) is 10.7 Å². The van der Waals surface area contributed by atoms with Crippen molar-refractivity contribution in [2.75, 3.05) is 31.5 Å². The zero-order valence-electron chi connectivity index (χ0n) is 23.7. The summed E-state index contributed by atoms with van der Waals surface area (Å²) in [6.07, 6.45) is 0. The summed E-state index contributed by atoms with van der Waals surface area (Å²) in [5, 5.41) is 11.7. The van der Waals surface area contributed by atoms with Crippen LogP contribution >= 0.6 is 11.8 Å². The van der Waals surface area contributed by atoms with E-state index in [-0.39, 0.29) is 29.6 Å².